The number of hydrogen-bond donors (Lipinski definition) is 1. The molecule has 0 heterocycles. The summed E-state index contributed by atoms with van der Waals surface area (Å²) in [6, 6.07) is 0. The minimum Gasteiger partial charge on any atom is -0.477 e. The summed E-state index contributed by atoms with van der Waals surface area (Å²) in [6.45, 7) is 4.75. The van der Waals surface area contributed by atoms with Crippen LogP contribution >= 0.6 is 0 Å². The maximum atomic E-state index is 12.8. The van der Waals surface area contributed by atoms with Crippen molar-refractivity contribution in [3.63, 3.8) is 0 Å². The van der Waals surface area contributed by atoms with Crippen LogP contribution < -0.4 is 0 Å². The summed E-state index contributed by atoms with van der Waals surface area (Å²) in [6.07, 6.45) is 51.8. The van der Waals surface area contributed by atoms with Crippen LogP contribution in [0.3, 0.4) is 0 Å². The Labute approximate surface area is 387 Å². The van der Waals surface area contributed by atoms with Gasteiger partial charge in [-0.1, -0.05) is 204 Å². The fourth-order valence-corrected chi connectivity index (χ4v) is 7.12. The zero-order valence-corrected chi connectivity index (χ0v) is 41.5. The fourth-order valence-electron chi connectivity index (χ4n) is 7.12. The summed E-state index contributed by atoms with van der Waals surface area (Å²) in [5.41, 5.74) is 0. The average molecular weight is 889 g/mol. The third kappa shape index (κ3) is 47.0. The Morgan fingerprint density at radius 1 is 0.492 bits per heavy atom. The molecule has 0 rings (SSSR count). The van der Waals surface area contributed by atoms with Crippen LogP contribution in [0, 0.1) is 0 Å². The van der Waals surface area contributed by atoms with Crippen molar-refractivity contribution < 1.29 is 42.9 Å². The van der Waals surface area contributed by atoms with Gasteiger partial charge in [0, 0.05) is 12.8 Å². The first-order valence-corrected chi connectivity index (χ1v) is 25.8. The monoisotopic (exact) mass is 889 g/mol. The number of carboxylic acids is 1. The molecule has 0 aliphatic rings. The Balaban J connectivity index is 4.34. The van der Waals surface area contributed by atoms with Gasteiger partial charge in [-0.2, -0.15) is 0 Å². The maximum Gasteiger partial charge on any atom is 0.361 e. The number of aliphatic carboxylic acids is 1. The number of allylic oxidation sites excluding steroid dienone is 8. The number of hydrogen-bond acceptors (Lipinski definition) is 7. The van der Waals surface area contributed by atoms with Gasteiger partial charge in [0.1, 0.15) is 13.2 Å². The molecule has 0 saturated heterocycles. The van der Waals surface area contributed by atoms with Gasteiger partial charge in [0.05, 0.1) is 34.4 Å². The van der Waals surface area contributed by atoms with E-state index in [1.807, 2.05) is 21.1 Å². The molecule has 0 aromatic rings. The smallest absolute Gasteiger partial charge is 0.361 e. The van der Waals surface area contributed by atoms with E-state index in [9.17, 15) is 19.5 Å². The van der Waals surface area contributed by atoms with E-state index in [0.717, 1.165) is 70.6 Å². The van der Waals surface area contributed by atoms with Gasteiger partial charge in [0.15, 0.2) is 6.10 Å². The summed E-state index contributed by atoms with van der Waals surface area (Å²) in [5, 5.41) is 9.67. The highest BCUT2D eigenvalue weighted by atomic mass is 16.7. The number of ether oxygens (including phenoxy) is 4. The number of likely N-dealkylation sites (N-methyl/N-ethyl adjacent to an activating group) is 1. The minimum absolute atomic E-state index is 0.182. The lowest BCUT2D eigenvalue weighted by Gasteiger charge is -2.25. The average Bonchev–Trinajstić information content (AvgIpc) is 3.24. The molecule has 0 aromatic heterocycles. The molecule has 0 aliphatic carbocycles. The van der Waals surface area contributed by atoms with Crippen molar-refractivity contribution >= 4 is 17.9 Å². The predicted octanol–water partition coefficient (Wildman–Crippen LogP) is 14.3. The predicted molar refractivity (Wildman–Crippen MR) is 263 cm³/mol. The highest BCUT2D eigenvalue weighted by Gasteiger charge is 2.25. The first kappa shape index (κ1) is 60.2. The molecule has 366 valence electrons. The molecule has 9 heteroatoms. The van der Waals surface area contributed by atoms with Crippen molar-refractivity contribution in [2.75, 3.05) is 47.5 Å². The molecule has 0 bridgehead atoms. The Hall–Kier alpha value is -2.75. The van der Waals surface area contributed by atoms with Crippen molar-refractivity contribution in [1.82, 2.24) is 0 Å². The van der Waals surface area contributed by atoms with Crippen molar-refractivity contribution in [2.45, 2.75) is 232 Å². The van der Waals surface area contributed by atoms with Gasteiger partial charge in [-0.25, -0.2) is 4.79 Å². The highest BCUT2D eigenvalue weighted by Crippen LogP contribution is 2.16. The SMILES string of the molecule is CC/C=C\C/C=C\C/C=C\C/C=C\CCCCCCC(=O)OC(COC(=O)CCCCCCCCCCCCCCCCCCCCCCC)COC(OCC[N+](C)(C)C)C(=O)O. The first-order valence-electron chi connectivity index (χ1n) is 25.8. The van der Waals surface area contributed by atoms with Crippen LogP contribution in [-0.2, 0) is 33.3 Å². The quantitative estimate of drug-likeness (QED) is 0.0212. The standard InChI is InChI=1S/C54H97NO8/c1-6-8-10-12-14-16-18-20-22-24-25-26-27-29-30-32-34-36-38-40-42-44-51(56)61-48-50(49-62-54(53(58)59)60-47-46-55(3,4)5)63-52(57)45-43-41-39-37-35-33-31-28-23-21-19-17-15-13-11-9-7-2/h9,11,15,17,21,23,31,33,50,54H,6-8,10,12-14,16,18-20,22,24-30,32,34-49H2,1-5H3/p+1/b11-9-,17-15-,23-21-,33-31-. The van der Waals surface area contributed by atoms with Crippen LogP contribution in [0.2, 0.25) is 0 Å². The second-order valence-corrected chi connectivity index (χ2v) is 18.5. The normalized spacial score (nSPS) is 13.2. The molecule has 2 unspecified atom stereocenters. The van der Waals surface area contributed by atoms with Crippen molar-refractivity contribution in [1.29, 1.82) is 0 Å². The Kier molecular flexibility index (Phi) is 43.8. The molecular weight excluding hydrogens is 791 g/mol. The molecule has 0 aliphatic heterocycles. The molecule has 0 fully saturated rings. The molecule has 0 amide bonds. The highest BCUT2D eigenvalue weighted by molar-refractivity contribution is 5.71. The van der Waals surface area contributed by atoms with E-state index >= 15 is 0 Å². The van der Waals surface area contributed by atoms with E-state index in [1.165, 1.54) is 116 Å². The summed E-state index contributed by atoms with van der Waals surface area (Å²) in [4.78, 5) is 37.3. The molecule has 0 aromatic carbocycles. The van der Waals surface area contributed by atoms with E-state index in [4.69, 9.17) is 18.9 Å². The number of carbonyl (C=O) groups is 3. The Morgan fingerprint density at radius 2 is 0.905 bits per heavy atom. The van der Waals surface area contributed by atoms with E-state index in [-0.39, 0.29) is 32.2 Å². The van der Waals surface area contributed by atoms with Crippen molar-refractivity contribution in [3.05, 3.63) is 48.6 Å². The first-order chi connectivity index (χ1) is 30.6. The van der Waals surface area contributed by atoms with Crippen molar-refractivity contribution in [2.24, 2.45) is 0 Å². The second kappa shape index (κ2) is 45.8. The van der Waals surface area contributed by atoms with Gasteiger partial charge < -0.3 is 28.5 Å². The van der Waals surface area contributed by atoms with Crippen LogP contribution in [-0.4, -0.2) is 87.4 Å². The fraction of sp³-hybridized carbons (Fsp3) is 0.796. The number of carbonyl (C=O) groups excluding carboxylic acids is 2. The molecule has 1 N–H and O–H groups in total. The van der Waals surface area contributed by atoms with Gasteiger partial charge in [0.25, 0.3) is 6.29 Å². The molecule has 0 saturated carbocycles. The van der Waals surface area contributed by atoms with Gasteiger partial charge in [-0.15, -0.1) is 0 Å². The second-order valence-electron chi connectivity index (χ2n) is 18.5. The van der Waals surface area contributed by atoms with E-state index in [1.54, 1.807) is 0 Å². The number of esters is 2. The summed E-state index contributed by atoms with van der Waals surface area (Å²) in [5.74, 6) is -2.03. The molecule has 63 heavy (non-hydrogen) atoms. The van der Waals surface area contributed by atoms with E-state index < -0.39 is 24.3 Å². The topological polar surface area (TPSA) is 108 Å². The third-order valence-corrected chi connectivity index (χ3v) is 11.1. The van der Waals surface area contributed by atoms with Crippen molar-refractivity contribution in [3.8, 4) is 0 Å². The van der Waals surface area contributed by atoms with Crippen LogP contribution in [0.5, 0.6) is 0 Å². The van der Waals surface area contributed by atoms with Gasteiger partial charge in [-0.3, -0.25) is 9.59 Å². The lowest BCUT2D eigenvalue weighted by atomic mass is 10.0. The van der Waals surface area contributed by atoms with Gasteiger partial charge >= 0.3 is 17.9 Å². The molecule has 0 radical (unpaired) electrons. The summed E-state index contributed by atoms with van der Waals surface area (Å²) < 4.78 is 22.8. The zero-order valence-electron chi connectivity index (χ0n) is 41.5. The van der Waals surface area contributed by atoms with E-state index in [0.29, 0.717) is 23.9 Å². The Morgan fingerprint density at radius 3 is 1.35 bits per heavy atom. The molecule has 2 atom stereocenters. The maximum absolute atomic E-state index is 12.8. The van der Waals surface area contributed by atoms with Gasteiger partial charge in [0.2, 0.25) is 0 Å². The molecule has 0 spiro atoms. The zero-order chi connectivity index (χ0) is 46.3. The largest absolute Gasteiger partial charge is 0.477 e. The Bertz CT molecular complexity index is 1170. The third-order valence-electron chi connectivity index (χ3n) is 11.1. The molecular formula is C54H98NO8+. The van der Waals surface area contributed by atoms with Crippen LogP contribution in [0.4, 0.5) is 0 Å². The van der Waals surface area contributed by atoms with Crippen LogP contribution in [0.1, 0.15) is 219 Å². The lowest BCUT2D eigenvalue weighted by Crippen LogP contribution is -2.40. The van der Waals surface area contributed by atoms with Gasteiger partial charge in [-0.05, 0) is 51.4 Å². The number of unbranched alkanes of at least 4 members (excludes halogenated alkanes) is 24. The minimum atomic E-state index is -1.52. The molecule has 9 nitrogen and oxygen atoms in total. The lowest BCUT2D eigenvalue weighted by molar-refractivity contribution is -0.870. The summed E-state index contributed by atoms with van der Waals surface area (Å²) in [7, 11) is 5.95. The number of quaternary nitrogens is 1. The van der Waals surface area contributed by atoms with Crippen LogP contribution in [0.15, 0.2) is 48.6 Å². The van der Waals surface area contributed by atoms with Crippen LogP contribution in [0.25, 0.3) is 0 Å². The summed E-state index contributed by atoms with van der Waals surface area (Å²) >= 11 is 0. The number of rotatable bonds is 47. The number of carboxylic acid groups (broad SMARTS) is 1. The van der Waals surface area contributed by atoms with E-state index in [2.05, 4.69) is 62.5 Å². The number of nitrogens with zero attached hydrogens (tertiary/aromatic N) is 1.